The predicted octanol–water partition coefficient (Wildman–Crippen LogP) is 3.91. The number of allylic oxidation sites excluding steroid dienone is 1. The number of amides is 1. The molecule has 0 radical (unpaired) electrons. The summed E-state index contributed by atoms with van der Waals surface area (Å²) in [4.78, 5) is 11.7. The molecule has 92 valence electrons. The lowest BCUT2D eigenvalue weighted by molar-refractivity contribution is -0.111. The van der Waals surface area contributed by atoms with Gasteiger partial charge in [0.15, 0.2) is 0 Å². The zero-order valence-corrected chi connectivity index (χ0v) is 11.1. The van der Waals surface area contributed by atoms with E-state index in [0.717, 1.165) is 29.7 Å². The molecule has 0 aliphatic rings. The SMILES string of the molecule is CCCC=CC(=O)Nc1c(C)cc(C)cc1C. The number of carbonyl (C=O) groups excluding carboxylic acids is 1. The Bertz CT molecular complexity index is 410. The van der Waals surface area contributed by atoms with Gasteiger partial charge in [0.25, 0.3) is 0 Å². The van der Waals surface area contributed by atoms with Crippen molar-refractivity contribution < 1.29 is 4.79 Å². The molecule has 17 heavy (non-hydrogen) atoms. The van der Waals surface area contributed by atoms with Crippen LogP contribution < -0.4 is 5.32 Å². The van der Waals surface area contributed by atoms with Crippen LogP contribution in [0.25, 0.3) is 0 Å². The van der Waals surface area contributed by atoms with E-state index in [1.807, 2.05) is 19.9 Å². The molecular weight excluding hydrogens is 210 g/mol. The lowest BCUT2D eigenvalue weighted by Gasteiger charge is -2.11. The van der Waals surface area contributed by atoms with Gasteiger partial charge in [0.1, 0.15) is 0 Å². The lowest BCUT2D eigenvalue weighted by Crippen LogP contribution is -2.10. The molecule has 0 saturated heterocycles. The van der Waals surface area contributed by atoms with Crippen LogP contribution in [0.4, 0.5) is 5.69 Å². The Morgan fingerprint density at radius 3 is 2.35 bits per heavy atom. The normalized spacial score (nSPS) is 10.8. The smallest absolute Gasteiger partial charge is 0.248 e. The van der Waals surface area contributed by atoms with E-state index in [4.69, 9.17) is 0 Å². The number of carbonyl (C=O) groups is 1. The van der Waals surface area contributed by atoms with Crippen LogP contribution in [0.2, 0.25) is 0 Å². The van der Waals surface area contributed by atoms with Crippen molar-refractivity contribution >= 4 is 11.6 Å². The van der Waals surface area contributed by atoms with Gasteiger partial charge in [0.05, 0.1) is 0 Å². The van der Waals surface area contributed by atoms with Crippen LogP contribution in [0.1, 0.15) is 36.5 Å². The van der Waals surface area contributed by atoms with Gasteiger partial charge in [0.2, 0.25) is 5.91 Å². The van der Waals surface area contributed by atoms with Crippen LogP contribution in [0, 0.1) is 20.8 Å². The standard InChI is InChI=1S/C15H21NO/c1-5-6-7-8-14(17)16-15-12(3)9-11(2)10-13(15)4/h7-10H,5-6H2,1-4H3,(H,16,17). The molecule has 1 N–H and O–H groups in total. The van der Waals surface area contributed by atoms with Crippen molar-refractivity contribution in [2.75, 3.05) is 5.32 Å². The largest absolute Gasteiger partial charge is 0.322 e. The summed E-state index contributed by atoms with van der Waals surface area (Å²) in [6.07, 6.45) is 5.53. The number of hydrogen-bond acceptors (Lipinski definition) is 1. The van der Waals surface area contributed by atoms with Crippen molar-refractivity contribution in [2.45, 2.75) is 40.5 Å². The highest BCUT2D eigenvalue weighted by molar-refractivity contribution is 6.00. The van der Waals surface area contributed by atoms with Crippen LogP contribution in [0.3, 0.4) is 0 Å². The Hall–Kier alpha value is -1.57. The number of rotatable bonds is 4. The average molecular weight is 231 g/mol. The van der Waals surface area contributed by atoms with Crippen molar-refractivity contribution in [3.63, 3.8) is 0 Å². The molecule has 2 heteroatoms. The molecule has 2 nitrogen and oxygen atoms in total. The second-order valence-corrected chi connectivity index (χ2v) is 4.45. The minimum Gasteiger partial charge on any atom is -0.322 e. The van der Waals surface area contributed by atoms with E-state index in [1.165, 1.54) is 5.56 Å². The van der Waals surface area contributed by atoms with Crippen LogP contribution in [-0.2, 0) is 4.79 Å². The molecular formula is C15H21NO. The van der Waals surface area contributed by atoms with E-state index in [-0.39, 0.29) is 5.91 Å². The highest BCUT2D eigenvalue weighted by atomic mass is 16.1. The summed E-state index contributed by atoms with van der Waals surface area (Å²) in [6, 6.07) is 4.16. The third-order valence-electron chi connectivity index (χ3n) is 2.65. The van der Waals surface area contributed by atoms with Gasteiger partial charge in [-0.1, -0.05) is 37.1 Å². The van der Waals surface area contributed by atoms with E-state index < -0.39 is 0 Å². The van der Waals surface area contributed by atoms with E-state index in [0.29, 0.717) is 0 Å². The fraction of sp³-hybridized carbons (Fsp3) is 0.400. The molecule has 0 aliphatic carbocycles. The average Bonchev–Trinajstić information content (AvgIpc) is 2.24. The lowest BCUT2D eigenvalue weighted by atomic mass is 10.1. The number of unbranched alkanes of at least 4 members (excludes halogenated alkanes) is 1. The van der Waals surface area contributed by atoms with Gasteiger partial charge in [-0.15, -0.1) is 0 Å². The van der Waals surface area contributed by atoms with Crippen molar-refractivity contribution in [3.8, 4) is 0 Å². The zero-order chi connectivity index (χ0) is 12.8. The molecule has 1 amide bonds. The molecule has 1 aromatic carbocycles. The van der Waals surface area contributed by atoms with Crippen molar-refractivity contribution in [1.82, 2.24) is 0 Å². The van der Waals surface area contributed by atoms with E-state index >= 15 is 0 Å². The van der Waals surface area contributed by atoms with E-state index in [9.17, 15) is 4.79 Å². The number of benzene rings is 1. The third kappa shape index (κ3) is 4.06. The maximum Gasteiger partial charge on any atom is 0.248 e. The Morgan fingerprint density at radius 1 is 1.24 bits per heavy atom. The molecule has 0 aliphatic heterocycles. The van der Waals surface area contributed by atoms with Crippen molar-refractivity contribution in [2.24, 2.45) is 0 Å². The molecule has 0 saturated carbocycles. The van der Waals surface area contributed by atoms with Gasteiger partial charge in [0, 0.05) is 5.69 Å². The van der Waals surface area contributed by atoms with E-state index in [2.05, 4.69) is 31.3 Å². The summed E-state index contributed by atoms with van der Waals surface area (Å²) in [6.45, 7) is 8.19. The van der Waals surface area contributed by atoms with Crippen molar-refractivity contribution in [3.05, 3.63) is 41.0 Å². The maximum absolute atomic E-state index is 11.7. The number of aryl methyl sites for hydroxylation is 3. The summed E-state index contributed by atoms with van der Waals surface area (Å²) in [5.41, 5.74) is 4.38. The number of nitrogens with one attached hydrogen (secondary N) is 1. The van der Waals surface area contributed by atoms with Gasteiger partial charge < -0.3 is 5.32 Å². The van der Waals surface area contributed by atoms with Gasteiger partial charge in [-0.3, -0.25) is 4.79 Å². The second kappa shape index (κ2) is 6.24. The molecule has 0 atom stereocenters. The topological polar surface area (TPSA) is 29.1 Å². The quantitative estimate of drug-likeness (QED) is 0.782. The summed E-state index contributed by atoms with van der Waals surface area (Å²) < 4.78 is 0. The summed E-state index contributed by atoms with van der Waals surface area (Å²) >= 11 is 0. The number of hydrogen-bond donors (Lipinski definition) is 1. The fourth-order valence-electron chi connectivity index (χ4n) is 1.90. The molecule has 0 fully saturated rings. The molecule has 0 heterocycles. The maximum atomic E-state index is 11.7. The third-order valence-corrected chi connectivity index (χ3v) is 2.65. The van der Waals surface area contributed by atoms with Crippen LogP contribution in [-0.4, -0.2) is 5.91 Å². The molecule has 0 bridgehead atoms. The summed E-state index contributed by atoms with van der Waals surface area (Å²) in [5.74, 6) is -0.0477. The molecule has 1 aromatic rings. The first-order chi connectivity index (χ1) is 8.04. The zero-order valence-electron chi connectivity index (χ0n) is 11.1. The Balaban J connectivity index is 2.78. The van der Waals surface area contributed by atoms with Crippen LogP contribution >= 0.6 is 0 Å². The van der Waals surface area contributed by atoms with Crippen LogP contribution in [0.15, 0.2) is 24.3 Å². The summed E-state index contributed by atoms with van der Waals surface area (Å²) in [7, 11) is 0. The fourth-order valence-corrected chi connectivity index (χ4v) is 1.90. The monoisotopic (exact) mass is 231 g/mol. The second-order valence-electron chi connectivity index (χ2n) is 4.45. The van der Waals surface area contributed by atoms with Crippen molar-refractivity contribution in [1.29, 1.82) is 0 Å². The van der Waals surface area contributed by atoms with Gasteiger partial charge in [-0.2, -0.15) is 0 Å². The predicted molar refractivity (Wildman–Crippen MR) is 73.3 cm³/mol. The summed E-state index contributed by atoms with van der Waals surface area (Å²) in [5, 5.41) is 2.94. The van der Waals surface area contributed by atoms with Gasteiger partial charge in [-0.25, -0.2) is 0 Å². The first-order valence-corrected chi connectivity index (χ1v) is 6.10. The molecule has 0 spiro atoms. The van der Waals surface area contributed by atoms with Gasteiger partial charge in [-0.05, 0) is 44.4 Å². The first-order valence-electron chi connectivity index (χ1n) is 6.10. The van der Waals surface area contributed by atoms with E-state index in [1.54, 1.807) is 6.08 Å². The minimum absolute atomic E-state index is 0.0477. The molecule has 0 unspecified atom stereocenters. The first kappa shape index (κ1) is 13.5. The van der Waals surface area contributed by atoms with Gasteiger partial charge >= 0.3 is 0 Å². The highest BCUT2D eigenvalue weighted by Gasteiger charge is 2.05. The minimum atomic E-state index is -0.0477. The highest BCUT2D eigenvalue weighted by Crippen LogP contribution is 2.21. The Labute approximate surface area is 104 Å². The Morgan fingerprint density at radius 2 is 1.82 bits per heavy atom. The Kier molecular flexibility index (Phi) is 4.95. The molecule has 1 rings (SSSR count). The number of anilines is 1. The van der Waals surface area contributed by atoms with Crippen LogP contribution in [0.5, 0.6) is 0 Å². The molecule has 0 aromatic heterocycles.